The number of carbonyl (C=O) groups excluding carboxylic acids is 2. The van der Waals surface area contributed by atoms with Crippen molar-refractivity contribution in [1.29, 1.82) is 5.26 Å². The summed E-state index contributed by atoms with van der Waals surface area (Å²) >= 11 is 0. The molecule has 5 heteroatoms. The van der Waals surface area contributed by atoms with E-state index in [2.05, 4.69) is 17.4 Å². The smallest absolute Gasteiger partial charge is 0.240 e. The Morgan fingerprint density at radius 3 is 2.56 bits per heavy atom. The van der Waals surface area contributed by atoms with Crippen LogP contribution in [0, 0.1) is 11.3 Å². The molecule has 0 unspecified atom stereocenters. The lowest BCUT2D eigenvalue weighted by Gasteiger charge is -2.20. The summed E-state index contributed by atoms with van der Waals surface area (Å²) in [6.45, 7) is 1.90. The summed E-state index contributed by atoms with van der Waals surface area (Å²) in [6, 6.07) is 18.8. The van der Waals surface area contributed by atoms with Crippen molar-refractivity contribution in [1.82, 2.24) is 5.32 Å². The van der Waals surface area contributed by atoms with Crippen molar-refractivity contribution in [3.8, 4) is 6.07 Å². The van der Waals surface area contributed by atoms with Crippen molar-refractivity contribution < 1.29 is 9.59 Å². The van der Waals surface area contributed by atoms with Crippen LogP contribution in [0.1, 0.15) is 24.5 Å². The van der Waals surface area contributed by atoms with Crippen molar-refractivity contribution in [2.75, 3.05) is 18.0 Å². The zero-order chi connectivity index (χ0) is 18.1. The lowest BCUT2D eigenvalue weighted by Crippen LogP contribution is -2.40. The molecule has 0 aromatic heterocycles. The molecule has 0 fully saturated rings. The molecule has 2 aromatic carbocycles. The highest BCUT2D eigenvalue weighted by Gasteiger charge is 2.15. The molecule has 0 atom stereocenters. The number of hydrogen-bond donors (Lipinski definition) is 1. The Bertz CT molecular complexity index is 766. The monoisotopic (exact) mass is 335 g/mol. The molecule has 0 bridgehead atoms. The van der Waals surface area contributed by atoms with Gasteiger partial charge in [0.05, 0.1) is 11.6 Å². The minimum Gasteiger partial charge on any atom is -0.355 e. The molecule has 2 rings (SSSR count). The van der Waals surface area contributed by atoms with Crippen LogP contribution in [-0.2, 0) is 16.0 Å². The fourth-order valence-electron chi connectivity index (χ4n) is 2.49. The predicted molar refractivity (Wildman–Crippen MR) is 97.0 cm³/mol. The first-order chi connectivity index (χ1) is 12.1. The van der Waals surface area contributed by atoms with Gasteiger partial charge in [0.15, 0.2) is 0 Å². The van der Waals surface area contributed by atoms with Crippen LogP contribution < -0.4 is 10.2 Å². The lowest BCUT2D eigenvalue weighted by atomic mass is 10.1. The van der Waals surface area contributed by atoms with E-state index in [1.807, 2.05) is 24.3 Å². The number of hydrogen-bond acceptors (Lipinski definition) is 3. The van der Waals surface area contributed by atoms with Crippen LogP contribution in [0.3, 0.4) is 0 Å². The Morgan fingerprint density at radius 1 is 1.12 bits per heavy atom. The van der Waals surface area contributed by atoms with E-state index in [4.69, 9.17) is 5.26 Å². The maximum Gasteiger partial charge on any atom is 0.240 e. The first kappa shape index (κ1) is 18.2. The molecule has 128 valence electrons. The molecule has 25 heavy (non-hydrogen) atoms. The van der Waals surface area contributed by atoms with Crippen molar-refractivity contribution in [3.05, 3.63) is 65.7 Å². The maximum absolute atomic E-state index is 12.1. The van der Waals surface area contributed by atoms with E-state index in [9.17, 15) is 9.59 Å². The van der Waals surface area contributed by atoms with Gasteiger partial charge in [0.2, 0.25) is 11.8 Å². The summed E-state index contributed by atoms with van der Waals surface area (Å²) in [6.07, 6.45) is 1.72. The number of benzene rings is 2. The summed E-state index contributed by atoms with van der Waals surface area (Å²) < 4.78 is 0. The van der Waals surface area contributed by atoms with Gasteiger partial charge in [-0.25, -0.2) is 0 Å². The van der Waals surface area contributed by atoms with Crippen LogP contribution in [0.25, 0.3) is 0 Å². The molecular formula is C20H21N3O2. The average molecular weight is 335 g/mol. The molecule has 0 saturated heterocycles. The molecule has 2 aromatic rings. The first-order valence-corrected chi connectivity index (χ1v) is 8.19. The number of carbonyl (C=O) groups is 2. The minimum absolute atomic E-state index is 0.0600. The summed E-state index contributed by atoms with van der Waals surface area (Å²) in [5.74, 6) is -0.458. The largest absolute Gasteiger partial charge is 0.355 e. The van der Waals surface area contributed by atoms with E-state index < -0.39 is 0 Å². The maximum atomic E-state index is 12.1. The highest BCUT2D eigenvalue weighted by Crippen LogP contribution is 2.16. The Labute approximate surface area is 147 Å². The molecule has 1 N–H and O–H groups in total. The van der Waals surface area contributed by atoms with Crippen molar-refractivity contribution in [2.45, 2.75) is 19.8 Å². The number of anilines is 1. The van der Waals surface area contributed by atoms with Gasteiger partial charge in [-0.3, -0.25) is 9.59 Å². The zero-order valence-corrected chi connectivity index (χ0v) is 14.2. The quantitative estimate of drug-likeness (QED) is 0.791. The van der Waals surface area contributed by atoms with Crippen LogP contribution in [0.5, 0.6) is 0 Å². The number of amides is 2. The van der Waals surface area contributed by atoms with Gasteiger partial charge < -0.3 is 10.2 Å². The number of nitrogens with one attached hydrogen (secondary N) is 1. The third-order valence-electron chi connectivity index (χ3n) is 3.78. The first-order valence-electron chi connectivity index (χ1n) is 8.19. The van der Waals surface area contributed by atoms with Gasteiger partial charge in [0.25, 0.3) is 0 Å². The molecule has 0 spiro atoms. The van der Waals surface area contributed by atoms with Crippen LogP contribution in [0.4, 0.5) is 5.69 Å². The average Bonchev–Trinajstić information content (AvgIpc) is 2.64. The lowest BCUT2D eigenvalue weighted by molar-refractivity contribution is -0.123. The Morgan fingerprint density at radius 2 is 1.88 bits per heavy atom. The van der Waals surface area contributed by atoms with Crippen LogP contribution in [0.2, 0.25) is 0 Å². The van der Waals surface area contributed by atoms with E-state index in [0.717, 1.165) is 12.8 Å². The predicted octanol–water partition coefficient (Wildman–Crippen LogP) is 2.66. The van der Waals surface area contributed by atoms with E-state index in [-0.39, 0.29) is 18.4 Å². The molecule has 5 nitrogen and oxygen atoms in total. The van der Waals surface area contributed by atoms with Gasteiger partial charge in [0, 0.05) is 19.2 Å². The van der Waals surface area contributed by atoms with Crippen molar-refractivity contribution in [2.24, 2.45) is 0 Å². The van der Waals surface area contributed by atoms with Crippen LogP contribution in [0.15, 0.2) is 54.6 Å². The van der Waals surface area contributed by atoms with Gasteiger partial charge in [-0.15, -0.1) is 0 Å². The highest BCUT2D eigenvalue weighted by atomic mass is 16.2. The molecule has 0 aliphatic rings. The Balaban J connectivity index is 1.86. The summed E-state index contributed by atoms with van der Waals surface area (Å²) in [7, 11) is 0. The van der Waals surface area contributed by atoms with Crippen molar-refractivity contribution in [3.63, 3.8) is 0 Å². The third-order valence-corrected chi connectivity index (χ3v) is 3.78. The Kier molecular flexibility index (Phi) is 6.73. The molecule has 0 aliphatic heterocycles. The van der Waals surface area contributed by atoms with Gasteiger partial charge >= 0.3 is 0 Å². The summed E-state index contributed by atoms with van der Waals surface area (Å²) in [5, 5.41) is 11.8. The number of aryl methyl sites for hydroxylation is 1. The van der Waals surface area contributed by atoms with Crippen molar-refractivity contribution >= 4 is 17.5 Å². The van der Waals surface area contributed by atoms with Gasteiger partial charge in [-0.2, -0.15) is 5.26 Å². The third kappa shape index (κ3) is 5.78. The standard InChI is InChI=1S/C20H21N3O2/c1-16(24)23(19-11-5-9-18(13-19)14-21)15-20(25)22-12-6-10-17-7-3-2-4-8-17/h2-5,7-9,11,13H,6,10,12,15H2,1H3,(H,22,25). The van der Waals surface area contributed by atoms with E-state index in [0.29, 0.717) is 17.8 Å². The second kappa shape index (κ2) is 9.24. The zero-order valence-electron chi connectivity index (χ0n) is 14.2. The normalized spacial score (nSPS) is 9.92. The second-order valence-corrected chi connectivity index (χ2v) is 5.71. The number of rotatable bonds is 7. The van der Waals surface area contributed by atoms with E-state index >= 15 is 0 Å². The molecule has 0 aliphatic carbocycles. The number of nitriles is 1. The summed E-state index contributed by atoms with van der Waals surface area (Å²) in [4.78, 5) is 25.4. The fourth-order valence-corrected chi connectivity index (χ4v) is 2.49. The van der Waals surface area contributed by atoms with Crippen LogP contribution >= 0.6 is 0 Å². The minimum atomic E-state index is -0.241. The molecule has 2 amide bonds. The number of nitrogens with zero attached hydrogens (tertiary/aromatic N) is 2. The second-order valence-electron chi connectivity index (χ2n) is 5.71. The highest BCUT2D eigenvalue weighted by molar-refractivity contribution is 5.97. The van der Waals surface area contributed by atoms with E-state index in [1.54, 1.807) is 24.3 Å². The molecule has 0 radical (unpaired) electrons. The van der Waals surface area contributed by atoms with Gasteiger partial charge in [0.1, 0.15) is 6.54 Å². The topological polar surface area (TPSA) is 73.2 Å². The van der Waals surface area contributed by atoms with Gasteiger partial charge in [-0.1, -0.05) is 36.4 Å². The Hall–Kier alpha value is -3.13. The fraction of sp³-hybridized carbons (Fsp3) is 0.250. The SMILES string of the molecule is CC(=O)N(CC(=O)NCCCc1ccccc1)c1cccc(C#N)c1. The van der Waals surface area contributed by atoms with Crippen LogP contribution in [-0.4, -0.2) is 24.9 Å². The van der Waals surface area contributed by atoms with Gasteiger partial charge in [-0.05, 0) is 36.6 Å². The molecular weight excluding hydrogens is 314 g/mol. The summed E-state index contributed by atoms with van der Waals surface area (Å²) in [5.41, 5.74) is 2.23. The molecule has 0 heterocycles. The van der Waals surface area contributed by atoms with E-state index in [1.165, 1.54) is 17.4 Å². The molecule has 0 saturated carbocycles.